The van der Waals surface area contributed by atoms with Crippen molar-refractivity contribution in [1.82, 2.24) is 4.57 Å². The van der Waals surface area contributed by atoms with Crippen LogP contribution in [0.3, 0.4) is 0 Å². The highest BCUT2D eigenvalue weighted by Gasteiger charge is 2.36. The van der Waals surface area contributed by atoms with Gasteiger partial charge in [0.2, 0.25) is 0 Å². The van der Waals surface area contributed by atoms with Crippen LogP contribution >= 0.6 is 0 Å². The Labute approximate surface area is 354 Å². The summed E-state index contributed by atoms with van der Waals surface area (Å²) in [4.78, 5) is 0. The molecule has 0 atom stereocenters. The molecule has 0 saturated carbocycles. The second kappa shape index (κ2) is 12.5. The number of rotatable bonds is 3. The Morgan fingerprint density at radius 2 is 0.803 bits per heavy atom. The predicted molar refractivity (Wildman–Crippen MR) is 261 cm³/mol. The Morgan fingerprint density at radius 3 is 1.41 bits per heavy atom. The van der Waals surface area contributed by atoms with Gasteiger partial charge in [0.05, 0.1) is 11.0 Å². The van der Waals surface area contributed by atoms with Crippen LogP contribution in [0.15, 0.2) is 194 Å². The van der Waals surface area contributed by atoms with Gasteiger partial charge in [0.25, 0.3) is 0 Å². The van der Waals surface area contributed by atoms with Gasteiger partial charge in [-0.2, -0.15) is 0 Å². The predicted octanol–water partition coefficient (Wildman–Crippen LogP) is 16.5. The van der Waals surface area contributed by atoms with E-state index in [-0.39, 0.29) is 5.41 Å². The standard InChI is InChI=1S/C60H41N/c1-36-15-14-16-39(31-36)61-56-26-13-12-21-45(56)46-30-28-38(33-57(46)61)59-49-24-10-8-22-47(49)58(48-23-9-11-25-50(48)59)37-27-29-44-53-34-51-42-19-6-4-17-40(42)41-18-5-7-20-43(41)52(51)35-55(53)60(2,3)54(44)32-37/h4-35H,1-3H3. The smallest absolute Gasteiger partial charge is 0.0547 e. The van der Waals surface area contributed by atoms with Crippen LogP contribution in [0.4, 0.5) is 0 Å². The molecule has 0 N–H and O–H groups in total. The molecule has 1 heterocycles. The van der Waals surface area contributed by atoms with Gasteiger partial charge in [-0.1, -0.05) is 166 Å². The summed E-state index contributed by atoms with van der Waals surface area (Å²) in [6.07, 6.45) is 0. The van der Waals surface area contributed by atoms with Crippen molar-refractivity contribution < 1.29 is 0 Å². The normalized spacial score (nSPS) is 13.3. The molecule has 0 fully saturated rings. The number of aryl methyl sites for hydroxylation is 1. The van der Waals surface area contributed by atoms with E-state index in [0.29, 0.717) is 0 Å². The molecular formula is C60H41N. The number of aromatic nitrogens is 1. The van der Waals surface area contributed by atoms with E-state index in [2.05, 4.69) is 219 Å². The van der Waals surface area contributed by atoms with E-state index in [9.17, 15) is 0 Å². The maximum absolute atomic E-state index is 2.51. The molecule has 1 aliphatic carbocycles. The first kappa shape index (κ1) is 34.4. The van der Waals surface area contributed by atoms with Gasteiger partial charge in [-0.15, -0.1) is 0 Å². The fraction of sp³-hybridized carbons (Fsp3) is 0.0667. The zero-order chi connectivity index (χ0) is 40.6. The van der Waals surface area contributed by atoms with Gasteiger partial charge in [0.15, 0.2) is 0 Å². The van der Waals surface area contributed by atoms with Crippen molar-refractivity contribution in [3.05, 3.63) is 211 Å². The Kier molecular flexibility index (Phi) is 7.06. The summed E-state index contributed by atoms with van der Waals surface area (Å²) in [5.74, 6) is 0. The minimum atomic E-state index is -0.182. The third kappa shape index (κ3) is 4.78. The topological polar surface area (TPSA) is 4.93 Å². The van der Waals surface area contributed by atoms with Crippen molar-refractivity contribution >= 4 is 75.7 Å². The number of para-hydroxylation sites is 1. The Bertz CT molecular complexity index is 3800. The van der Waals surface area contributed by atoms with E-state index in [0.717, 1.165) is 0 Å². The van der Waals surface area contributed by atoms with Crippen molar-refractivity contribution in [2.24, 2.45) is 0 Å². The lowest BCUT2D eigenvalue weighted by Crippen LogP contribution is -2.15. The van der Waals surface area contributed by atoms with Crippen molar-refractivity contribution in [2.75, 3.05) is 0 Å². The minimum Gasteiger partial charge on any atom is -0.309 e. The molecule has 0 radical (unpaired) electrons. The van der Waals surface area contributed by atoms with Gasteiger partial charge in [0.1, 0.15) is 0 Å². The molecule has 1 aromatic heterocycles. The molecule has 0 spiro atoms. The fourth-order valence-electron chi connectivity index (χ4n) is 11.2. The summed E-state index contributed by atoms with van der Waals surface area (Å²) in [5, 5.41) is 15.5. The molecule has 11 aromatic carbocycles. The number of fused-ring (bicyclic) bond motifs is 14. The maximum atomic E-state index is 2.51. The molecule has 1 nitrogen and oxygen atoms in total. The third-order valence-corrected chi connectivity index (χ3v) is 14.0. The molecule has 0 unspecified atom stereocenters. The summed E-state index contributed by atoms with van der Waals surface area (Å²) >= 11 is 0. The van der Waals surface area contributed by atoms with Gasteiger partial charge < -0.3 is 4.57 Å². The van der Waals surface area contributed by atoms with Crippen LogP contribution in [0.1, 0.15) is 30.5 Å². The van der Waals surface area contributed by atoms with E-state index >= 15 is 0 Å². The summed E-state index contributed by atoms with van der Waals surface area (Å²) in [6, 6.07) is 73.0. The van der Waals surface area contributed by atoms with Gasteiger partial charge >= 0.3 is 0 Å². The van der Waals surface area contributed by atoms with Gasteiger partial charge in [-0.25, -0.2) is 0 Å². The maximum Gasteiger partial charge on any atom is 0.0547 e. The van der Waals surface area contributed by atoms with Crippen molar-refractivity contribution in [3.63, 3.8) is 0 Å². The zero-order valence-electron chi connectivity index (χ0n) is 34.4. The summed E-state index contributed by atoms with van der Waals surface area (Å²) in [5.41, 5.74) is 15.2. The number of hydrogen-bond donors (Lipinski definition) is 0. The molecule has 12 aromatic rings. The van der Waals surface area contributed by atoms with Crippen molar-refractivity contribution in [2.45, 2.75) is 26.2 Å². The first-order valence-corrected chi connectivity index (χ1v) is 21.5. The molecule has 0 bridgehead atoms. The largest absolute Gasteiger partial charge is 0.309 e. The van der Waals surface area contributed by atoms with E-state index in [1.54, 1.807) is 0 Å². The van der Waals surface area contributed by atoms with E-state index < -0.39 is 0 Å². The molecule has 61 heavy (non-hydrogen) atoms. The summed E-state index contributed by atoms with van der Waals surface area (Å²) < 4.78 is 2.44. The third-order valence-electron chi connectivity index (χ3n) is 14.0. The molecule has 13 rings (SSSR count). The minimum absolute atomic E-state index is 0.182. The SMILES string of the molecule is Cc1cccc(-n2c3ccccc3c3ccc(-c4c5ccccc5c(-c5ccc6c(c5)C(C)(C)c5cc7c8ccccc8c8ccccc8c7cc5-6)c5ccccc45)cc32)c1. The van der Waals surface area contributed by atoms with Crippen molar-refractivity contribution in [1.29, 1.82) is 0 Å². The molecule has 286 valence electrons. The second-order valence-corrected chi connectivity index (χ2v) is 17.7. The van der Waals surface area contributed by atoms with Crippen LogP contribution in [0.5, 0.6) is 0 Å². The average molecular weight is 776 g/mol. The lowest BCUT2D eigenvalue weighted by atomic mass is 9.79. The summed E-state index contributed by atoms with van der Waals surface area (Å²) in [6.45, 7) is 7.01. The van der Waals surface area contributed by atoms with Crippen molar-refractivity contribution in [3.8, 4) is 39.1 Å². The van der Waals surface area contributed by atoms with Gasteiger partial charge in [-0.05, 0) is 153 Å². The molecule has 1 aliphatic rings. The highest BCUT2D eigenvalue weighted by molar-refractivity contribution is 6.27. The van der Waals surface area contributed by atoms with Gasteiger partial charge in [0, 0.05) is 21.9 Å². The zero-order valence-corrected chi connectivity index (χ0v) is 34.4. The molecular weight excluding hydrogens is 735 g/mol. The van der Waals surface area contributed by atoms with E-state index in [1.807, 2.05) is 0 Å². The molecule has 0 amide bonds. The molecule has 1 heteroatoms. The number of hydrogen-bond acceptors (Lipinski definition) is 0. The summed E-state index contributed by atoms with van der Waals surface area (Å²) in [7, 11) is 0. The highest BCUT2D eigenvalue weighted by Crippen LogP contribution is 2.53. The van der Waals surface area contributed by atoms with Crippen LogP contribution < -0.4 is 0 Å². The first-order chi connectivity index (χ1) is 29.9. The number of nitrogens with zero attached hydrogens (tertiary/aromatic N) is 1. The Hall–Kier alpha value is -7.48. The van der Waals surface area contributed by atoms with E-state index in [1.165, 1.54) is 131 Å². The monoisotopic (exact) mass is 775 g/mol. The average Bonchev–Trinajstić information content (AvgIpc) is 3.74. The van der Waals surface area contributed by atoms with Crippen LogP contribution in [-0.2, 0) is 5.41 Å². The first-order valence-electron chi connectivity index (χ1n) is 21.5. The van der Waals surface area contributed by atoms with Gasteiger partial charge in [-0.3, -0.25) is 0 Å². The lowest BCUT2D eigenvalue weighted by Gasteiger charge is -2.23. The quantitative estimate of drug-likeness (QED) is 0.124. The second-order valence-electron chi connectivity index (χ2n) is 17.7. The Balaban J connectivity index is 1.03. The number of benzene rings is 11. The van der Waals surface area contributed by atoms with E-state index in [4.69, 9.17) is 0 Å². The fourth-order valence-corrected chi connectivity index (χ4v) is 11.2. The van der Waals surface area contributed by atoms with Crippen LogP contribution in [0.2, 0.25) is 0 Å². The molecule has 0 aliphatic heterocycles. The van der Waals surface area contributed by atoms with Crippen LogP contribution in [-0.4, -0.2) is 4.57 Å². The lowest BCUT2D eigenvalue weighted by molar-refractivity contribution is 0.661. The van der Waals surface area contributed by atoms with Crippen LogP contribution in [0.25, 0.3) is 115 Å². The molecule has 0 saturated heterocycles. The van der Waals surface area contributed by atoms with Crippen LogP contribution in [0, 0.1) is 6.92 Å². The highest BCUT2D eigenvalue weighted by atomic mass is 15.0. The Morgan fingerprint density at radius 1 is 0.328 bits per heavy atom.